The number of esters is 1. The van der Waals surface area contributed by atoms with Crippen LogP contribution < -0.4 is 9.64 Å². The van der Waals surface area contributed by atoms with Gasteiger partial charge in [-0.2, -0.15) is 0 Å². The van der Waals surface area contributed by atoms with Crippen LogP contribution in [0.2, 0.25) is 0 Å². The zero-order valence-corrected chi connectivity index (χ0v) is 17.7. The van der Waals surface area contributed by atoms with Crippen molar-refractivity contribution in [2.24, 2.45) is 0 Å². The van der Waals surface area contributed by atoms with Gasteiger partial charge in [0.1, 0.15) is 11.6 Å². The molecule has 1 aliphatic rings. The monoisotopic (exact) mass is 391 g/mol. The fraction of sp³-hybridized carbons (Fsp3) is 0.727. The van der Waals surface area contributed by atoms with Gasteiger partial charge in [0.25, 0.3) is 0 Å². The molecule has 1 fully saturated rings. The van der Waals surface area contributed by atoms with Crippen LogP contribution >= 0.6 is 0 Å². The minimum Gasteiger partial charge on any atom is -0.492 e. The number of ether oxygens (including phenoxy) is 2. The van der Waals surface area contributed by atoms with E-state index >= 15 is 0 Å². The summed E-state index contributed by atoms with van der Waals surface area (Å²) in [6.07, 6.45) is 9.92. The summed E-state index contributed by atoms with van der Waals surface area (Å²) in [6, 6.07) is 4.07. The molecule has 1 aromatic heterocycles. The normalized spacial score (nSPS) is 14.9. The smallest absolute Gasteiger partial charge is 0.307 e. The highest BCUT2D eigenvalue weighted by Crippen LogP contribution is 2.18. The molecule has 1 aliphatic heterocycles. The number of unbranched alkanes of at least 4 members (excludes halogenated alkanes) is 5. The van der Waals surface area contributed by atoms with Gasteiger partial charge in [-0.05, 0) is 25.5 Å². The van der Waals surface area contributed by atoms with Crippen LogP contribution in [-0.2, 0) is 9.53 Å². The lowest BCUT2D eigenvalue weighted by Gasteiger charge is -2.35. The quantitative estimate of drug-likeness (QED) is 0.375. The second-order valence-electron chi connectivity index (χ2n) is 7.35. The third-order valence-corrected chi connectivity index (χ3v) is 5.12. The second-order valence-corrected chi connectivity index (χ2v) is 7.35. The first kappa shape index (κ1) is 22.5. The van der Waals surface area contributed by atoms with E-state index < -0.39 is 0 Å². The van der Waals surface area contributed by atoms with E-state index in [1.807, 2.05) is 25.3 Å². The van der Waals surface area contributed by atoms with Crippen LogP contribution in [0.3, 0.4) is 0 Å². The Bertz CT molecular complexity index is 542. The zero-order chi connectivity index (χ0) is 20.0. The number of anilines is 1. The molecule has 0 aromatic carbocycles. The van der Waals surface area contributed by atoms with E-state index in [0.717, 1.165) is 57.3 Å². The van der Waals surface area contributed by atoms with Crippen molar-refractivity contribution in [3.8, 4) is 5.75 Å². The van der Waals surface area contributed by atoms with E-state index in [0.29, 0.717) is 13.0 Å². The molecule has 0 aliphatic carbocycles. The molecule has 2 rings (SSSR count). The van der Waals surface area contributed by atoms with Gasteiger partial charge in [0, 0.05) is 32.7 Å². The molecule has 0 N–H and O–H groups in total. The number of aromatic nitrogens is 1. The number of carbonyl (C=O) groups is 1. The molecule has 0 atom stereocenters. The van der Waals surface area contributed by atoms with Crippen molar-refractivity contribution in [2.45, 2.75) is 58.8 Å². The maximum Gasteiger partial charge on any atom is 0.307 e. The number of nitrogens with zero attached hydrogens (tertiary/aromatic N) is 3. The van der Waals surface area contributed by atoms with Gasteiger partial charge in [-0.3, -0.25) is 9.69 Å². The van der Waals surface area contributed by atoms with Crippen LogP contribution in [0, 0.1) is 0 Å². The van der Waals surface area contributed by atoms with Crippen molar-refractivity contribution < 1.29 is 14.3 Å². The summed E-state index contributed by atoms with van der Waals surface area (Å²) >= 11 is 0. The Labute approximate surface area is 170 Å². The van der Waals surface area contributed by atoms with E-state index in [-0.39, 0.29) is 5.97 Å². The summed E-state index contributed by atoms with van der Waals surface area (Å²) in [5, 5.41) is 0. The lowest BCUT2D eigenvalue weighted by molar-refractivity contribution is -0.143. The van der Waals surface area contributed by atoms with E-state index in [1.165, 1.54) is 32.1 Å². The predicted molar refractivity (Wildman–Crippen MR) is 113 cm³/mol. The zero-order valence-electron chi connectivity index (χ0n) is 17.7. The van der Waals surface area contributed by atoms with Crippen LogP contribution in [0.4, 0.5) is 5.82 Å². The molecule has 6 heteroatoms. The lowest BCUT2D eigenvalue weighted by atomic mass is 10.1. The van der Waals surface area contributed by atoms with Gasteiger partial charge in [0.05, 0.1) is 25.8 Å². The summed E-state index contributed by atoms with van der Waals surface area (Å²) in [6.45, 7) is 9.81. The Hall–Kier alpha value is -1.82. The highest BCUT2D eigenvalue weighted by Gasteiger charge is 2.18. The third-order valence-electron chi connectivity index (χ3n) is 5.12. The first-order chi connectivity index (χ1) is 13.7. The highest BCUT2D eigenvalue weighted by molar-refractivity contribution is 5.69. The fourth-order valence-corrected chi connectivity index (χ4v) is 3.40. The Balaban J connectivity index is 1.62. The van der Waals surface area contributed by atoms with Crippen molar-refractivity contribution >= 4 is 11.8 Å². The summed E-state index contributed by atoms with van der Waals surface area (Å²) < 4.78 is 10.8. The maximum atomic E-state index is 11.5. The molecule has 158 valence electrons. The van der Waals surface area contributed by atoms with Crippen LogP contribution in [0.25, 0.3) is 0 Å². The van der Waals surface area contributed by atoms with Gasteiger partial charge in [-0.1, -0.05) is 39.0 Å². The molecule has 0 amide bonds. The maximum absolute atomic E-state index is 11.5. The molecule has 28 heavy (non-hydrogen) atoms. The average Bonchev–Trinajstić information content (AvgIpc) is 2.73. The number of hydrogen-bond donors (Lipinski definition) is 0. The van der Waals surface area contributed by atoms with Crippen LogP contribution in [-0.4, -0.2) is 61.8 Å². The SMILES string of the molecule is CCCCCCCCOc1ccc(N2CCN(CCC(=O)OCC)CC2)nc1. The predicted octanol–water partition coefficient (Wildman–Crippen LogP) is 3.90. The molecule has 0 saturated carbocycles. The van der Waals surface area contributed by atoms with Crippen molar-refractivity contribution in [3.05, 3.63) is 18.3 Å². The van der Waals surface area contributed by atoms with Gasteiger partial charge < -0.3 is 14.4 Å². The summed E-state index contributed by atoms with van der Waals surface area (Å²) in [7, 11) is 0. The van der Waals surface area contributed by atoms with Gasteiger partial charge >= 0.3 is 5.97 Å². The van der Waals surface area contributed by atoms with Crippen molar-refractivity contribution in [1.82, 2.24) is 9.88 Å². The fourth-order valence-electron chi connectivity index (χ4n) is 3.40. The van der Waals surface area contributed by atoms with E-state index in [4.69, 9.17) is 9.47 Å². The molecule has 0 radical (unpaired) electrons. The molecular weight excluding hydrogens is 354 g/mol. The minimum absolute atomic E-state index is 0.108. The number of rotatable bonds is 13. The topological polar surface area (TPSA) is 54.9 Å². The minimum atomic E-state index is -0.108. The lowest BCUT2D eigenvalue weighted by Crippen LogP contribution is -2.47. The van der Waals surface area contributed by atoms with E-state index in [2.05, 4.69) is 21.7 Å². The summed E-state index contributed by atoms with van der Waals surface area (Å²) in [4.78, 5) is 20.7. The standard InChI is InChI=1S/C22H37N3O3/c1-3-5-6-7-8-9-18-28-20-10-11-21(23-19-20)25-16-14-24(15-17-25)13-12-22(26)27-4-2/h10-11,19H,3-9,12-18H2,1-2H3. The van der Waals surface area contributed by atoms with Gasteiger partial charge in [0.15, 0.2) is 0 Å². The van der Waals surface area contributed by atoms with Crippen molar-refractivity contribution in [2.75, 3.05) is 50.8 Å². The Morgan fingerprint density at radius 3 is 2.46 bits per heavy atom. The Morgan fingerprint density at radius 2 is 1.79 bits per heavy atom. The highest BCUT2D eigenvalue weighted by atomic mass is 16.5. The third kappa shape index (κ3) is 8.46. The Morgan fingerprint density at radius 1 is 1.04 bits per heavy atom. The Kier molecular flexibility index (Phi) is 10.7. The van der Waals surface area contributed by atoms with Crippen LogP contribution in [0.1, 0.15) is 58.8 Å². The first-order valence-electron chi connectivity index (χ1n) is 10.9. The molecule has 0 unspecified atom stereocenters. The molecule has 1 aromatic rings. The number of pyridine rings is 1. The molecular formula is C22H37N3O3. The van der Waals surface area contributed by atoms with Gasteiger partial charge in [0.2, 0.25) is 0 Å². The van der Waals surface area contributed by atoms with Crippen molar-refractivity contribution in [1.29, 1.82) is 0 Å². The number of hydrogen-bond acceptors (Lipinski definition) is 6. The van der Waals surface area contributed by atoms with Crippen molar-refractivity contribution in [3.63, 3.8) is 0 Å². The average molecular weight is 392 g/mol. The molecule has 0 spiro atoms. The van der Waals surface area contributed by atoms with Crippen LogP contribution in [0.15, 0.2) is 18.3 Å². The summed E-state index contributed by atoms with van der Waals surface area (Å²) in [5.41, 5.74) is 0. The van der Waals surface area contributed by atoms with Crippen LogP contribution in [0.5, 0.6) is 5.75 Å². The largest absolute Gasteiger partial charge is 0.492 e. The summed E-state index contributed by atoms with van der Waals surface area (Å²) in [5.74, 6) is 1.74. The number of carbonyl (C=O) groups excluding carboxylic acids is 1. The number of piperazine rings is 1. The first-order valence-corrected chi connectivity index (χ1v) is 10.9. The molecule has 2 heterocycles. The van der Waals surface area contributed by atoms with E-state index in [9.17, 15) is 4.79 Å². The second kappa shape index (κ2) is 13.4. The van der Waals surface area contributed by atoms with Gasteiger partial charge in [-0.25, -0.2) is 4.98 Å². The van der Waals surface area contributed by atoms with Gasteiger partial charge in [-0.15, -0.1) is 0 Å². The molecule has 1 saturated heterocycles. The van der Waals surface area contributed by atoms with E-state index in [1.54, 1.807) is 0 Å². The molecule has 6 nitrogen and oxygen atoms in total. The molecule has 0 bridgehead atoms.